The number of aromatic hydroxyl groups is 1. The van der Waals surface area contributed by atoms with E-state index in [4.69, 9.17) is 0 Å². The van der Waals surface area contributed by atoms with Crippen molar-refractivity contribution in [1.29, 1.82) is 0 Å². The first-order valence-electron chi connectivity index (χ1n) is 8.54. The van der Waals surface area contributed by atoms with Crippen molar-refractivity contribution in [3.63, 3.8) is 0 Å². The molecular weight excluding hydrogens is 343 g/mol. The number of carbonyl (C=O) groups is 1. The average molecular weight is 360 g/mol. The SMILES string of the molecule is O=C(NCc1cccc(O)c1)c1[nH]c2ccc(F)cc2c1-c1ccccc1. The fourth-order valence-corrected chi connectivity index (χ4v) is 3.18. The number of fused-ring (bicyclic) bond motifs is 1. The molecule has 4 rings (SSSR count). The van der Waals surface area contributed by atoms with Crippen LogP contribution in [0, 0.1) is 5.82 Å². The first-order chi connectivity index (χ1) is 13.1. The number of aromatic amines is 1. The number of rotatable bonds is 4. The Bertz CT molecular complexity index is 1120. The summed E-state index contributed by atoms with van der Waals surface area (Å²) in [7, 11) is 0. The zero-order valence-corrected chi connectivity index (χ0v) is 14.4. The van der Waals surface area contributed by atoms with Crippen molar-refractivity contribution >= 4 is 16.8 Å². The van der Waals surface area contributed by atoms with E-state index in [-0.39, 0.29) is 24.0 Å². The lowest BCUT2D eigenvalue weighted by molar-refractivity contribution is 0.0947. The first-order valence-corrected chi connectivity index (χ1v) is 8.54. The van der Waals surface area contributed by atoms with Crippen LogP contribution in [0.5, 0.6) is 5.75 Å². The lowest BCUT2D eigenvalue weighted by atomic mass is 10.0. The Morgan fingerprint density at radius 1 is 1.00 bits per heavy atom. The largest absolute Gasteiger partial charge is 0.508 e. The van der Waals surface area contributed by atoms with Crippen molar-refractivity contribution in [3.8, 4) is 16.9 Å². The maximum absolute atomic E-state index is 13.8. The third kappa shape index (κ3) is 3.40. The van der Waals surface area contributed by atoms with Crippen LogP contribution in [0.25, 0.3) is 22.0 Å². The zero-order chi connectivity index (χ0) is 18.8. The van der Waals surface area contributed by atoms with Gasteiger partial charge in [-0.1, -0.05) is 42.5 Å². The monoisotopic (exact) mass is 360 g/mol. The highest BCUT2D eigenvalue weighted by Gasteiger charge is 2.19. The minimum absolute atomic E-state index is 0.146. The van der Waals surface area contributed by atoms with Gasteiger partial charge in [0.2, 0.25) is 0 Å². The van der Waals surface area contributed by atoms with Gasteiger partial charge in [-0.25, -0.2) is 4.39 Å². The third-order valence-electron chi connectivity index (χ3n) is 4.41. The van der Waals surface area contributed by atoms with E-state index in [0.29, 0.717) is 22.2 Å². The molecule has 1 amide bonds. The Hall–Kier alpha value is -3.60. The van der Waals surface area contributed by atoms with Crippen LogP contribution in [0.3, 0.4) is 0 Å². The number of hydrogen-bond acceptors (Lipinski definition) is 2. The van der Waals surface area contributed by atoms with E-state index in [1.807, 2.05) is 36.4 Å². The van der Waals surface area contributed by atoms with Crippen molar-refractivity contribution in [2.75, 3.05) is 0 Å². The Balaban J connectivity index is 1.73. The molecule has 5 heteroatoms. The van der Waals surface area contributed by atoms with Gasteiger partial charge in [0.15, 0.2) is 0 Å². The molecule has 0 aliphatic heterocycles. The molecule has 0 atom stereocenters. The van der Waals surface area contributed by atoms with Gasteiger partial charge in [0.1, 0.15) is 17.3 Å². The van der Waals surface area contributed by atoms with E-state index in [2.05, 4.69) is 10.3 Å². The second-order valence-corrected chi connectivity index (χ2v) is 6.28. The molecule has 3 aromatic carbocycles. The highest BCUT2D eigenvalue weighted by molar-refractivity contribution is 6.09. The van der Waals surface area contributed by atoms with Crippen LogP contribution in [-0.4, -0.2) is 16.0 Å². The molecule has 0 bridgehead atoms. The van der Waals surface area contributed by atoms with E-state index in [1.165, 1.54) is 12.1 Å². The van der Waals surface area contributed by atoms with Crippen molar-refractivity contribution in [1.82, 2.24) is 10.3 Å². The molecule has 0 unspecified atom stereocenters. The second kappa shape index (κ2) is 6.96. The van der Waals surface area contributed by atoms with Crippen molar-refractivity contribution < 1.29 is 14.3 Å². The third-order valence-corrected chi connectivity index (χ3v) is 4.41. The number of phenols is 1. The molecule has 0 aliphatic rings. The Kier molecular flexibility index (Phi) is 4.34. The predicted molar refractivity (Wildman–Crippen MR) is 103 cm³/mol. The summed E-state index contributed by atoms with van der Waals surface area (Å²) in [4.78, 5) is 16.0. The minimum Gasteiger partial charge on any atom is -0.508 e. The summed E-state index contributed by atoms with van der Waals surface area (Å²) in [5.41, 5.74) is 3.35. The number of aromatic nitrogens is 1. The van der Waals surface area contributed by atoms with E-state index in [9.17, 15) is 14.3 Å². The molecule has 0 fully saturated rings. The van der Waals surface area contributed by atoms with Gasteiger partial charge >= 0.3 is 0 Å². The van der Waals surface area contributed by atoms with Crippen LogP contribution >= 0.6 is 0 Å². The maximum atomic E-state index is 13.8. The molecule has 3 N–H and O–H groups in total. The van der Waals surface area contributed by atoms with Crippen LogP contribution < -0.4 is 5.32 Å². The molecule has 0 spiro atoms. The number of nitrogens with one attached hydrogen (secondary N) is 2. The lowest BCUT2D eigenvalue weighted by Gasteiger charge is -2.08. The summed E-state index contributed by atoms with van der Waals surface area (Å²) in [6.45, 7) is 0.269. The smallest absolute Gasteiger partial charge is 0.268 e. The summed E-state index contributed by atoms with van der Waals surface area (Å²) in [6.07, 6.45) is 0. The number of H-pyrrole nitrogens is 1. The van der Waals surface area contributed by atoms with Gasteiger partial charge in [-0.3, -0.25) is 4.79 Å². The number of benzene rings is 3. The summed E-state index contributed by atoms with van der Waals surface area (Å²) in [5.74, 6) is -0.507. The summed E-state index contributed by atoms with van der Waals surface area (Å²) >= 11 is 0. The van der Waals surface area contributed by atoms with Crippen molar-refractivity contribution in [2.24, 2.45) is 0 Å². The average Bonchev–Trinajstić information content (AvgIpc) is 3.05. The standard InChI is InChI=1S/C22H17FN2O2/c23-16-9-10-19-18(12-16)20(15-6-2-1-3-7-15)21(25-19)22(27)24-13-14-5-4-8-17(26)11-14/h1-12,25-26H,13H2,(H,24,27). The Morgan fingerprint density at radius 3 is 2.59 bits per heavy atom. The predicted octanol–water partition coefficient (Wildman–Crippen LogP) is 4.61. The summed E-state index contributed by atoms with van der Waals surface area (Å²) in [6, 6.07) is 20.6. The lowest BCUT2D eigenvalue weighted by Crippen LogP contribution is -2.23. The van der Waals surface area contributed by atoms with Gasteiger partial charge in [-0.2, -0.15) is 0 Å². The Morgan fingerprint density at radius 2 is 1.81 bits per heavy atom. The normalized spacial score (nSPS) is 10.9. The molecule has 1 aromatic heterocycles. The van der Waals surface area contributed by atoms with Gasteiger partial charge in [-0.15, -0.1) is 0 Å². The fraction of sp³-hybridized carbons (Fsp3) is 0.0455. The van der Waals surface area contributed by atoms with Crippen molar-refractivity contribution in [2.45, 2.75) is 6.54 Å². The van der Waals surface area contributed by atoms with E-state index in [1.54, 1.807) is 24.3 Å². The zero-order valence-electron chi connectivity index (χ0n) is 14.4. The molecule has 1 heterocycles. The first kappa shape index (κ1) is 16.8. The van der Waals surface area contributed by atoms with E-state index >= 15 is 0 Å². The van der Waals surface area contributed by atoms with E-state index in [0.717, 1.165) is 11.1 Å². The van der Waals surface area contributed by atoms with Gasteiger partial charge in [-0.05, 0) is 41.5 Å². The van der Waals surface area contributed by atoms with Gasteiger partial charge in [0.05, 0.1) is 0 Å². The van der Waals surface area contributed by atoms with Gasteiger partial charge in [0.25, 0.3) is 5.91 Å². The molecule has 0 radical (unpaired) electrons. The van der Waals surface area contributed by atoms with Crippen molar-refractivity contribution in [3.05, 3.63) is 89.9 Å². The number of phenolic OH excluding ortho intramolecular Hbond substituents is 1. The highest BCUT2D eigenvalue weighted by atomic mass is 19.1. The molecule has 134 valence electrons. The Labute approximate surface area is 155 Å². The van der Waals surface area contributed by atoms with Crippen LogP contribution in [-0.2, 0) is 6.54 Å². The van der Waals surface area contributed by atoms with Crippen LogP contribution in [0.2, 0.25) is 0 Å². The van der Waals surface area contributed by atoms with Crippen LogP contribution in [0.1, 0.15) is 16.1 Å². The van der Waals surface area contributed by atoms with Crippen LogP contribution in [0.4, 0.5) is 4.39 Å². The topological polar surface area (TPSA) is 65.1 Å². The molecular formula is C22H17FN2O2. The second-order valence-electron chi connectivity index (χ2n) is 6.28. The number of hydrogen-bond donors (Lipinski definition) is 3. The quantitative estimate of drug-likeness (QED) is 0.498. The number of carbonyl (C=O) groups excluding carboxylic acids is 1. The molecule has 4 nitrogen and oxygen atoms in total. The van der Waals surface area contributed by atoms with E-state index < -0.39 is 0 Å². The van der Waals surface area contributed by atoms with Crippen LogP contribution in [0.15, 0.2) is 72.8 Å². The molecule has 0 saturated heterocycles. The summed E-state index contributed by atoms with van der Waals surface area (Å²) in [5, 5.41) is 13.1. The molecule has 4 aromatic rings. The highest BCUT2D eigenvalue weighted by Crippen LogP contribution is 2.33. The molecule has 27 heavy (non-hydrogen) atoms. The number of amides is 1. The maximum Gasteiger partial charge on any atom is 0.268 e. The van der Waals surface area contributed by atoms with Gasteiger partial charge < -0.3 is 15.4 Å². The number of halogens is 1. The minimum atomic E-state index is -0.356. The molecule has 0 aliphatic carbocycles. The fourth-order valence-electron chi connectivity index (χ4n) is 3.18. The molecule has 0 saturated carbocycles. The summed E-state index contributed by atoms with van der Waals surface area (Å²) < 4.78 is 13.8. The van der Waals surface area contributed by atoms with Gasteiger partial charge in [0, 0.05) is 23.0 Å².